The van der Waals surface area contributed by atoms with Crippen LogP contribution in [0.3, 0.4) is 0 Å². The van der Waals surface area contributed by atoms with Gasteiger partial charge in [0.1, 0.15) is 33.6 Å². The van der Waals surface area contributed by atoms with Gasteiger partial charge in [-0.3, -0.25) is 8.80 Å². The highest BCUT2D eigenvalue weighted by Gasteiger charge is 2.46. The van der Waals surface area contributed by atoms with Gasteiger partial charge < -0.3 is 8.83 Å². The van der Waals surface area contributed by atoms with Crippen LogP contribution in [0.1, 0.15) is 64.1 Å². The molecule has 6 aromatic heterocycles. The van der Waals surface area contributed by atoms with Crippen LogP contribution >= 0.6 is 0 Å². The molecule has 0 fully saturated rings. The van der Waals surface area contributed by atoms with E-state index in [-0.39, 0.29) is 16.2 Å². The van der Waals surface area contributed by atoms with Crippen molar-refractivity contribution in [3.05, 3.63) is 108 Å². The summed E-state index contributed by atoms with van der Waals surface area (Å²) in [7, 11) is 0. The molecule has 250 valence electrons. The van der Waals surface area contributed by atoms with E-state index in [0.29, 0.717) is 0 Å². The fourth-order valence-corrected chi connectivity index (χ4v) is 10.4. The highest BCUT2D eigenvalue weighted by atomic mass is 16.3. The number of hydrogen-bond donors (Lipinski definition) is 0. The van der Waals surface area contributed by atoms with Crippen LogP contribution < -0.4 is 0 Å². The van der Waals surface area contributed by atoms with Gasteiger partial charge in [0.25, 0.3) is 0 Å². The summed E-state index contributed by atoms with van der Waals surface area (Å²) < 4.78 is 18.3. The first-order valence-electron chi connectivity index (χ1n) is 18.4. The summed E-state index contributed by atoms with van der Waals surface area (Å²) in [6.07, 6.45) is 5.18. The lowest BCUT2D eigenvalue weighted by Gasteiger charge is -2.45. The maximum Gasteiger partial charge on any atom is 0.145 e. The van der Waals surface area contributed by atoms with Crippen molar-refractivity contribution in [1.82, 2.24) is 18.8 Å². The van der Waals surface area contributed by atoms with Crippen LogP contribution in [0, 0.1) is 0 Å². The van der Waals surface area contributed by atoms with E-state index in [9.17, 15) is 0 Å². The predicted octanol–water partition coefficient (Wildman–Crippen LogP) is 11.8. The van der Waals surface area contributed by atoms with Crippen molar-refractivity contribution in [3.8, 4) is 0 Å². The monoisotopic (exact) mass is 674 g/mol. The molecule has 0 aliphatic carbocycles. The molecule has 52 heavy (non-hydrogen) atoms. The Hall–Kier alpha value is -5.88. The fourth-order valence-electron chi connectivity index (χ4n) is 10.4. The molecule has 8 heterocycles. The Bertz CT molecular complexity index is 3530. The minimum Gasteiger partial charge on any atom is -0.456 e. The summed E-state index contributed by atoms with van der Waals surface area (Å²) in [5.41, 5.74) is 13.0. The van der Waals surface area contributed by atoms with Gasteiger partial charge in [0.2, 0.25) is 0 Å². The van der Waals surface area contributed by atoms with Crippen molar-refractivity contribution in [2.45, 2.75) is 64.2 Å². The molecular formula is C46H34N4O2. The fraction of sp³-hybridized carbons (Fsp3) is 0.217. The molecule has 6 heteroatoms. The molecule has 0 atom stereocenters. The van der Waals surface area contributed by atoms with Gasteiger partial charge in [0, 0.05) is 83.1 Å². The molecule has 11 aromatic rings. The number of nitrogens with zero attached hydrogens (tertiary/aromatic N) is 4. The number of para-hydroxylation sites is 2. The summed E-state index contributed by atoms with van der Waals surface area (Å²) in [5, 5.41) is 11.4. The van der Waals surface area contributed by atoms with E-state index in [1.165, 1.54) is 49.7 Å². The topological polar surface area (TPSA) is 60.9 Å². The lowest BCUT2D eigenvalue weighted by Crippen LogP contribution is -2.44. The number of aromatic nitrogens is 4. The average Bonchev–Trinajstić information content (AvgIpc) is 3.91. The predicted molar refractivity (Wildman–Crippen MR) is 211 cm³/mol. The van der Waals surface area contributed by atoms with Crippen LogP contribution in [0.2, 0.25) is 0 Å². The molecule has 2 aliphatic heterocycles. The van der Waals surface area contributed by atoms with Crippen LogP contribution in [0.25, 0.3) is 98.5 Å². The Morgan fingerprint density at radius 1 is 0.519 bits per heavy atom. The molecular weight excluding hydrogens is 641 g/mol. The molecule has 6 nitrogen and oxygen atoms in total. The zero-order valence-corrected chi connectivity index (χ0v) is 29.9. The zero-order valence-electron chi connectivity index (χ0n) is 29.9. The second-order valence-electron chi connectivity index (χ2n) is 17.2. The first-order valence-corrected chi connectivity index (χ1v) is 18.4. The van der Waals surface area contributed by atoms with E-state index in [4.69, 9.17) is 18.8 Å². The molecule has 13 rings (SSSR count). The third-order valence-electron chi connectivity index (χ3n) is 13.7. The second-order valence-corrected chi connectivity index (χ2v) is 17.2. The minimum atomic E-state index is -0.110. The van der Waals surface area contributed by atoms with E-state index in [2.05, 4.69) is 136 Å². The third-order valence-corrected chi connectivity index (χ3v) is 13.7. The summed E-state index contributed by atoms with van der Waals surface area (Å²) in [6.45, 7) is 14.1. The number of benzene rings is 5. The molecule has 0 unspecified atom stereocenters. The smallest absolute Gasteiger partial charge is 0.145 e. The molecule has 0 saturated heterocycles. The maximum absolute atomic E-state index is 6.75. The Morgan fingerprint density at radius 3 is 1.71 bits per heavy atom. The maximum atomic E-state index is 6.75. The number of furan rings is 2. The Morgan fingerprint density at radius 2 is 1.08 bits per heavy atom. The quantitative estimate of drug-likeness (QED) is 0.150. The van der Waals surface area contributed by atoms with Gasteiger partial charge >= 0.3 is 0 Å². The minimum absolute atomic E-state index is 0.00996. The van der Waals surface area contributed by atoms with Gasteiger partial charge in [-0.15, -0.1) is 0 Å². The number of imidazole rings is 2. The molecule has 0 spiro atoms. The second kappa shape index (κ2) is 8.26. The van der Waals surface area contributed by atoms with Crippen LogP contribution in [0.4, 0.5) is 0 Å². The van der Waals surface area contributed by atoms with Gasteiger partial charge in [-0.2, -0.15) is 0 Å². The SMILES string of the molecule is CC1(C)Cc2cccc3c4cc5oc6ccc7oc8cc9c(cc8c7c6c5cc4c4ncc1n4c23)c1ncc2n1c1c(cccc91)C(C)(C)C2(C)C. The largest absolute Gasteiger partial charge is 0.456 e. The first-order chi connectivity index (χ1) is 25.0. The van der Waals surface area contributed by atoms with Crippen LogP contribution in [-0.2, 0) is 22.7 Å². The van der Waals surface area contributed by atoms with Crippen molar-refractivity contribution in [1.29, 1.82) is 0 Å². The molecule has 5 aromatic carbocycles. The van der Waals surface area contributed by atoms with E-state index in [0.717, 1.165) is 77.8 Å². The molecule has 0 radical (unpaired) electrons. The van der Waals surface area contributed by atoms with Crippen molar-refractivity contribution in [2.24, 2.45) is 0 Å². The van der Waals surface area contributed by atoms with Crippen LogP contribution in [-0.4, -0.2) is 18.8 Å². The normalized spacial score (nSPS) is 17.4. The molecule has 2 aliphatic rings. The summed E-state index contributed by atoms with van der Waals surface area (Å²) >= 11 is 0. The molecule has 0 amide bonds. The number of hydrogen-bond acceptors (Lipinski definition) is 4. The summed E-state index contributed by atoms with van der Waals surface area (Å²) in [4.78, 5) is 10.2. The highest BCUT2D eigenvalue weighted by molar-refractivity contribution is 6.30. The third kappa shape index (κ3) is 2.87. The Labute approximate surface area is 297 Å². The van der Waals surface area contributed by atoms with Gasteiger partial charge in [0.15, 0.2) is 0 Å². The number of fused-ring (bicyclic) bond motifs is 13. The van der Waals surface area contributed by atoms with Gasteiger partial charge in [-0.1, -0.05) is 77.9 Å². The standard InChI is InChI=1S/C46H34N4O2/c1-44(2)19-22-9-7-10-23-25-17-34-29(15-27(25)42-47-20-36(44)49(42)40(22)23)38-32(51-34)13-14-33-39(38)30-16-28-26(18-35(30)52-33)24-11-8-12-31-41(24)50-37(21-48-43(28)50)46(5,6)45(31,3)4/h7-18,20-21H,19H2,1-6H3. The summed E-state index contributed by atoms with van der Waals surface area (Å²) in [5.74, 6) is 0. The lowest BCUT2D eigenvalue weighted by atomic mass is 9.61. The van der Waals surface area contributed by atoms with E-state index in [1.54, 1.807) is 0 Å². The van der Waals surface area contributed by atoms with Crippen molar-refractivity contribution < 1.29 is 8.83 Å². The molecule has 0 N–H and O–H groups in total. The Balaban J connectivity index is 1.18. The van der Waals surface area contributed by atoms with Crippen LogP contribution in [0.15, 0.2) is 94.0 Å². The zero-order chi connectivity index (χ0) is 34.8. The van der Waals surface area contributed by atoms with E-state index in [1.807, 2.05) is 0 Å². The van der Waals surface area contributed by atoms with E-state index < -0.39 is 0 Å². The number of rotatable bonds is 0. The van der Waals surface area contributed by atoms with Crippen molar-refractivity contribution in [2.75, 3.05) is 0 Å². The average molecular weight is 675 g/mol. The lowest BCUT2D eigenvalue weighted by molar-refractivity contribution is 0.288. The highest BCUT2D eigenvalue weighted by Crippen LogP contribution is 2.52. The van der Waals surface area contributed by atoms with Crippen molar-refractivity contribution in [3.63, 3.8) is 0 Å². The Kier molecular flexibility index (Phi) is 4.41. The number of pyridine rings is 2. The van der Waals surface area contributed by atoms with Gasteiger partial charge in [-0.25, -0.2) is 9.97 Å². The summed E-state index contributed by atoms with van der Waals surface area (Å²) in [6, 6.07) is 26.7. The molecule has 0 bridgehead atoms. The van der Waals surface area contributed by atoms with Gasteiger partial charge in [-0.05, 0) is 64.7 Å². The van der Waals surface area contributed by atoms with Gasteiger partial charge in [0.05, 0.1) is 11.0 Å². The molecule has 0 saturated carbocycles. The van der Waals surface area contributed by atoms with Crippen LogP contribution in [0.5, 0.6) is 0 Å². The van der Waals surface area contributed by atoms with E-state index >= 15 is 0 Å². The van der Waals surface area contributed by atoms with Crippen molar-refractivity contribution >= 4 is 98.5 Å². The first kappa shape index (κ1) is 27.8.